The van der Waals surface area contributed by atoms with E-state index in [2.05, 4.69) is 28.4 Å². The Balaban J connectivity index is 2.02. The van der Waals surface area contributed by atoms with E-state index in [1.165, 1.54) is 24.1 Å². The van der Waals surface area contributed by atoms with Crippen LogP contribution in [0.25, 0.3) is 0 Å². The molecule has 4 nitrogen and oxygen atoms in total. The second-order valence-electron chi connectivity index (χ2n) is 4.39. The molecule has 1 fully saturated rings. The van der Waals surface area contributed by atoms with Crippen LogP contribution in [0.4, 0.5) is 5.69 Å². The summed E-state index contributed by atoms with van der Waals surface area (Å²) in [6.45, 7) is 3.18. The molecule has 1 aromatic carbocycles. The maximum absolute atomic E-state index is 10.7. The molecule has 1 aliphatic heterocycles. The molecule has 92 valence electrons. The maximum Gasteiger partial charge on any atom is 0.231 e. The smallest absolute Gasteiger partial charge is 0.231 e. The molecule has 0 radical (unpaired) electrons. The maximum atomic E-state index is 10.7. The molecule has 0 atom stereocenters. The summed E-state index contributed by atoms with van der Waals surface area (Å²) in [5.41, 5.74) is 7.62. The predicted octanol–water partition coefficient (Wildman–Crippen LogP) is 0.862. The minimum atomic E-state index is -0.316. The molecule has 0 saturated carbocycles. The van der Waals surface area contributed by atoms with Crippen LogP contribution in [0.3, 0.4) is 0 Å². The van der Waals surface area contributed by atoms with Gasteiger partial charge in [0.15, 0.2) is 0 Å². The molecule has 1 heterocycles. The Bertz CT molecular complexity index is 386. The van der Waals surface area contributed by atoms with Crippen molar-refractivity contribution >= 4 is 11.6 Å². The van der Waals surface area contributed by atoms with E-state index in [1.807, 2.05) is 6.07 Å². The highest BCUT2D eigenvalue weighted by Gasteiger charge is 2.14. The molecule has 1 aliphatic rings. The molecule has 2 rings (SSSR count). The first-order valence-corrected chi connectivity index (χ1v) is 6.09. The molecule has 1 amide bonds. The lowest BCUT2D eigenvalue weighted by Gasteiger charge is -2.21. The van der Waals surface area contributed by atoms with Crippen LogP contribution in [0.1, 0.15) is 18.4 Å². The zero-order chi connectivity index (χ0) is 12.1. The van der Waals surface area contributed by atoms with Gasteiger partial charge in [0, 0.05) is 25.3 Å². The van der Waals surface area contributed by atoms with Gasteiger partial charge in [-0.1, -0.05) is 18.2 Å². The Morgan fingerprint density at radius 3 is 2.71 bits per heavy atom. The van der Waals surface area contributed by atoms with Crippen LogP contribution in [0.2, 0.25) is 0 Å². The zero-order valence-electron chi connectivity index (χ0n) is 9.98. The van der Waals surface area contributed by atoms with Gasteiger partial charge in [-0.2, -0.15) is 0 Å². The summed E-state index contributed by atoms with van der Waals surface area (Å²) in [6, 6.07) is 8.33. The molecule has 0 spiro atoms. The van der Waals surface area contributed by atoms with E-state index < -0.39 is 0 Å². The van der Waals surface area contributed by atoms with E-state index >= 15 is 0 Å². The summed E-state index contributed by atoms with van der Waals surface area (Å²) in [4.78, 5) is 13.1. The highest BCUT2D eigenvalue weighted by Crippen LogP contribution is 2.24. The first-order chi connectivity index (χ1) is 8.27. The number of hydrogen-bond acceptors (Lipinski definition) is 3. The number of carbonyl (C=O) groups is 1. The fourth-order valence-corrected chi connectivity index (χ4v) is 2.25. The van der Waals surface area contributed by atoms with Crippen molar-refractivity contribution in [1.82, 2.24) is 5.32 Å². The number of carbonyl (C=O) groups excluding carboxylic acids is 1. The van der Waals surface area contributed by atoms with E-state index in [0.717, 1.165) is 13.1 Å². The lowest BCUT2D eigenvalue weighted by atomic mass is 10.1. The van der Waals surface area contributed by atoms with Crippen LogP contribution >= 0.6 is 0 Å². The Labute approximate surface area is 102 Å². The number of nitrogens with one attached hydrogen (secondary N) is 1. The minimum absolute atomic E-state index is 0.230. The second-order valence-corrected chi connectivity index (χ2v) is 4.39. The first kappa shape index (κ1) is 11.9. The average molecular weight is 233 g/mol. The lowest BCUT2D eigenvalue weighted by molar-refractivity contribution is -0.117. The van der Waals surface area contributed by atoms with Crippen LogP contribution in [-0.2, 0) is 11.3 Å². The molecule has 0 aliphatic carbocycles. The standard InChI is InChI=1S/C13H19N3O/c14-13(17)10-15-9-11-5-1-2-6-12(11)16-7-3-4-8-16/h1-2,5-6,15H,3-4,7-10H2,(H2,14,17). The molecule has 3 N–H and O–H groups in total. The number of benzene rings is 1. The number of para-hydroxylation sites is 1. The van der Waals surface area contributed by atoms with Crippen molar-refractivity contribution in [2.45, 2.75) is 19.4 Å². The van der Waals surface area contributed by atoms with Gasteiger partial charge in [0.25, 0.3) is 0 Å². The second kappa shape index (κ2) is 5.68. The van der Waals surface area contributed by atoms with Gasteiger partial charge in [0.1, 0.15) is 0 Å². The lowest BCUT2D eigenvalue weighted by Crippen LogP contribution is -2.29. The van der Waals surface area contributed by atoms with Crippen molar-refractivity contribution in [3.8, 4) is 0 Å². The third-order valence-electron chi connectivity index (χ3n) is 3.05. The molecule has 0 unspecified atom stereocenters. The van der Waals surface area contributed by atoms with E-state index in [0.29, 0.717) is 6.54 Å². The van der Waals surface area contributed by atoms with Gasteiger partial charge in [0.05, 0.1) is 6.54 Å². The largest absolute Gasteiger partial charge is 0.371 e. The molecular weight excluding hydrogens is 214 g/mol. The number of nitrogens with two attached hydrogens (primary N) is 1. The molecule has 1 aromatic rings. The number of primary amides is 1. The van der Waals surface area contributed by atoms with Crippen LogP contribution in [-0.4, -0.2) is 25.5 Å². The van der Waals surface area contributed by atoms with Gasteiger partial charge < -0.3 is 16.0 Å². The Morgan fingerprint density at radius 2 is 2.00 bits per heavy atom. The monoisotopic (exact) mass is 233 g/mol. The van der Waals surface area contributed by atoms with Gasteiger partial charge >= 0.3 is 0 Å². The summed E-state index contributed by atoms with van der Waals surface area (Å²) in [7, 11) is 0. The number of hydrogen-bond donors (Lipinski definition) is 2. The zero-order valence-corrected chi connectivity index (χ0v) is 9.98. The van der Waals surface area contributed by atoms with Gasteiger partial charge in [-0.3, -0.25) is 4.79 Å². The fraction of sp³-hybridized carbons (Fsp3) is 0.462. The normalized spacial score (nSPS) is 15.2. The quantitative estimate of drug-likeness (QED) is 0.793. The van der Waals surface area contributed by atoms with Crippen molar-refractivity contribution in [3.63, 3.8) is 0 Å². The number of rotatable bonds is 5. The van der Waals surface area contributed by atoms with Crippen LogP contribution < -0.4 is 16.0 Å². The summed E-state index contributed by atoms with van der Waals surface area (Å²) >= 11 is 0. The predicted molar refractivity (Wildman–Crippen MR) is 68.8 cm³/mol. The summed E-state index contributed by atoms with van der Waals surface area (Å²) in [5, 5.41) is 3.06. The van der Waals surface area contributed by atoms with Crippen LogP contribution in [0.15, 0.2) is 24.3 Å². The topological polar surface area (TPSA) is 58.4 Å². The summed E-state index contributed by atoms with van der Waals surface area (Å²) in [6.07, 6.45) is 2.53. The van der Waals surface area contributed by atoms with Crippen LogP contribution in [0, 0.1) is 0 Å². The average Bonchev–Trinajstić information content (AvgIpc) is 2.82. The number of anilines is 1. The molecule has 0 bridgehead atoms. The minimum Gasteiger partial charge on any atom is -0.371 e. The van der Waals surface area contributed by atoms with E-state index in [1.54, 1.807) is 0 Å². The Kier molecular flexibility index (Phi) is 3.98. The van der Waals surface area contributed by atoms with Crippen molar-refractivity contribution in [2.24, 2.45) is 5.73 Å². The highest BCUT2D eigenvalue weighted by atomic mass is 16.1. The van der Waals surface area contributed by atoms with Crippen molar-refractivity contribution in [1.29, 1.82) is 0 Å². The highest BCUT2D eigenvalue weighted by molar-refractivity contribution is 5.75. The van der Waals surface area contributed by atoms with E-state index in [-0.39, 0.29) is 12.5 Å². The van der Waals surface area contributed by atoms with Gasteiger partial charge in [0.2, 0.25) is 5.91 Å². The summed E-state index contributed by atoms with van der Waals surface area (Å²) in [5.74, 6) is -0.316. The third kappa shape index (κ3) is 3.20. The van der Waals surface area contributed by atoms with E-state index in [4.69, 9.17) is 5.73 Å². The fourth-order valence-electron chi connectivity index (χ4n) is 2.25. The van der Waals surface area contributed by atoms with Crippen molar-refractivity contribution < 1.29 is 4.79 Å². The Morgan fingerprint density at radius 1 is 1.29 bits per heavy atom. The van der Waals surface area contributed by atoms with Crippen LogP contribution in [0.5, 0.6) is 0 Å². The molecule has 0 aromatic heterocycles. The number of nitrogens with zero attached hydrogens (tertiary/aromatic N) is 1. The SMILES string of the molecule is NC(=O)CNCc1ccccc1N1CCCC1. The van der Waals surface area contributed by atoms with Gasteiger partial charge in [-0.05, 0) is 24.5 Å². The van der Waals surface area contributed by atoms with Gasteiger partial charge in [-0.25, -0.2) is 0 Å². The number of amides is 1. The Hall–Kier alpha value is -1.55. The third-order valence-corrected chi connectivity index (χ3v) is 3.05. The summed E-state index contributed by atoms with van der Waals surface area (Å²) < 4.78 is 0. The molecule has 4 heteroatoms. The molecule has 17 heavy (non-hydrogen) atoms. The molecular formula is C13H19N3O. The molecule has 1 saturated heterocycles. The van der Waals surface area contributed by atoms with Crippen molar-refractivity contribution in [3.05, 3.63) is 29.8 Å². The van der Waals surface area contributed by atoms with Gasteiger partial charge in [-0.15, -0.1) is 0 Å². The van der Waals surface area contributed by atoms with E-state index in [9.17, 15) is 4.79 Å². The van der Waals surface area contributed by atoms with Crippen molar-refractivity contribution in [2.75, 3.05) is 24.5 Å². The first-order valence-electron chi connectivity index (χ1n) is 6.09.